The first-order valence-corrected chi connectivity index (χ1v) is 20.6. The molecule has 0 N–H and O–H groups in total. The third kappa shape index (κ3) is 5.29. The maximum absolute atomic E-state index is 6.45. The Balaban J connectivity index is 0.958. The number of furan rings is 2. The zero-order valence-corrected chi connectivity index (χ0v) is 32.1. The van der Waals surface area contributed by atoms with Crippen LogP contribution in [0.3, 0.4) is 0 Å². The van der Waals surface area contributed by atoms with E-state index in [1.807, 2.05) is 6.07 Å². The van der Waals surface area contributed by atoms with Crippen LogP contribution in [0.15, 0.2) is 173 Å². The predicted molar refractivity (Wildman–Crippen MR) is 241 cm³/mol. The van der Waals surface area contributed by atoms with Gasteiger partial charge in [0.1, 0.15) is 22.5 Å². The molecule has 3 heterocycles. The lowest BCUT2D eigenvalue weighted by molar-refractivity contribution is 0.546. The van der Waals surface area contributed by atoms with Gasteiger partial charge in [0.2, 0.25) is 0 Å². The minimum Gasteiger partial charge on any atom is -0.460 e. The number of aryl methyl sites for hydroxylation is 2. The number of hydrogen-bond donors (Lipinski definition) is 0. The minimum atomic E-state index is 0.102. The maximum atomic E-state index is 6.45. The lowest BCUT2D eigenvalue weighted by Gasteiger charge is -2.33. The summed E-state index contributed by atoms with van der Waals surface area (Å²) in [6, 6.07) is 48.5. The number of anilines is 2. The average Bonchev–Trinajstić information content (AvgIpc) is 3.96. The smallest absolute Gasteiger partial charge is 0.143 e. The first-order valence-electron chi connectivity index (χ1n) is 20.6. The maximum Gasteiger partial charge on any atom is 0.143 e. The van der Waals surface area contributed by atoms with E-state index >= 15 is 0 Å². The monoisotopic (exact) mass is 748 g/mol. The van der Waals surface area contributed by atoms with Crippen molar-refractivity contribution in [2.24, 2.45) is 0 Å². The molecule has 0 saturated carbocycles. The molecule has 0 aliphatic heterocycles. The predicted octanol–water partition coefficient (Wildman–Crippen LogP) is 14.4. The summed E-state index contributed by atoms with van der Waals surface area (Å²) in [5.74, 6) is 1.10. The molecular weight excluding hydrogens is 709 g/mol. The topological polar surface area (TPSA) is 34.5 Å². The van der Waals surface area contributed by atoms with Crippen LogP contribution in [0, 0.1) is 0 Å². The standard InChI is InChI=1S/C54H40N2O2/c1-2-11-38(12-3-1)56-49-18-7-4-13-43(49)44-32-30-41(34-50(44)56)55(39-26-21-35(22-27-39)37-25-31-47-45-14-5-8-19-51(45)57-53(47)33-37)40-28-23-36(24-29-40)42-16-10-17-48-46-15-6-9-20-52(46)58-54(42)48/h1-3,5-7,9-12,14-18,20-26,28-34,39H,4,8,13,19,27H2. The number of aromatic nitrogens is 1. The number of allylic oxidation sites excluding steroid dienone is 4. The molecule has 278 valence electrons. The first-order chi connectivity index (χ1) is 28.7. The number of fused-ring (bicyclic) bond motifs is 9. The van der Waals surface area contributed by atoms with Gasteiger partial charge >= 0.3 is 0 Å². The normalized spacial score (nSPS) is 16.0. The van der Waals surface area contributed by atoms with Gasteiger partial charge in [0, 0.05) is 61.8 Å². The van der Waals surface area contributed by atoms with E-state index in [1.54, 1.807) is 0 Å². The Bertz CT molecular complexity index is 3200. The lowest BCUT2D eigenvalue weighted by atomic mass is 9.94. The van der Waals surface area contributed by atoms with Crippen LogP contribution in [0.25, 0.3) is 78.4 Å². The Morgan fingerprint density at radius 2 is 1.38 bits per heavy atom. The van der Waals surface area contributed by atoms with Crippen LogP contribution in [0.1, 0.15) is 47.4 Å². The largest absolute Gasteiger partial charge is 0.460 e. The van der Waals surface area contributed by atoms with Crippen molar-refractivity contribution in [1.29, 1.82) is 0 Å². The van der Waals surface area contributed by atoms with Crippen molar-refractivity contribution in [3.8, 4) is 16.8 Å². The van der Waals surface area contributed by atoms with Gasteiger partial charge in [-0.25, -0.2) is 0 Å². The molecule has 0 radical (unpaired) electrons. The molecule has 58 heavy (non-hydrogen) atoms. The molecule has 3 aliphatic carbocycles. The molecule has 9 aromatic rings. The fourth-order valence-corrected chi connectivity index (χ4v) is 9.68. The van der Waals surface area contributed by atoms with E-state index in [9.17, 15) is 0 Å². The van der Waals surface area contributed by atoms with Crippen molar-refractivity contribution in [3.05, 3.63) is 192 Å². The fraction of sp³-hybridized carbons (Fsp3) is 0.111. The molecule has 3 aliphatic rings. The number of hydrogen-bond acceptors (Lipinski definition) is 3. The van der Waals surface area contributed by atoms with Crippen LogP contribution in [0.4, 0.5) is 11.4 Å². The van der Waals surface area contributed by atoms with Crippen molar-refractivity contribution in [2.75, 3.05) is 4.90 Å². The van der Waals surface area contributed by atoms with Crippen molar-refractivity contribution in [3.63, 3.8) is 0 Å². The van der Waals surface area contributed by atoms with E-state index < -0.39 is 0 Å². The molecule has 0 amide bonds. The van der Waals surface area contributed by atoms with Gasteiger partial charge in [-0.1, -0.05) is 115 Å². The molecule has 0 fully saturated rings. The summed E-state index contributed by atoms with van der Waals surface area (Å²) in [6.07, 6.45) is 21.1. The van der Waals surface area contributed by atoms with Crippen LogP contribution >= 0.6 is 0 Å². The van der Waals surface area contributed by atoms with Gasteiger partial charge in [-0.05, 0) is 109 Å². The third-order valence-electron chi connectivity index (χ3n) is 12.5. The summed E-state index contributed by atoms with van der Waals surface area (Å²) in [4.78, 5) is 2.52. The summed E-state index contributed by atoms with van der Waals surface area (Å²) in [5.41, 5.74) is 16.1. The highest BCUT2D eigenvalue weighted by Crippen LogP contribution is 2.42. The summed E-state index contributed by atoms with van der Waals surface area (Å²) < 4.78 is 15.3. The van der Waals surface area contributed by atoms with E-state index in [1.165, 1.54) is 49.9 Å². The summed E-state index contributed by atoms with van der Waals surface area (Å²) in [5, 5.41) is 4.82. The van der Waals surface area contributed by atoms with Gasteiger partial charge in [-0.15, -0.1) is 0 Å². The molecule has 1 unspecified atom stereocenters. The van der Waals surface area contributed by atoms with Crippen molar-refractivity contribution < 1.29 is 8.83 Å². The lowest BCUT2D eigenvalue weighted by Crippen LogP contribution is -2.30. The third-order valence-corrected chi connectivity index (χ3v) is 12.5. The molecule has 12 rings (SSSR count). The highest BCUT2D eigenvalue weighted by atomic mass is 16.3. The number of rotatable bonds is 6. The van der Waals surface area contributed by atoms with Gasteiger partial charge in [0.15, 0.2) is 0 Å². The summed E-state index contributed by atoms with van der Waals surface area (Å²) in [7, 11) is 0. The van der Waals surface area contributed by atoms with Crippen molar-refractivity contribution in [2.45, 2.75) is 38.1 Å². The van der Waals surface area contributed by atoms with E-state index in [2.05, 4.69) is 179 Å². The van der Waals surface area contributed by atoms with Crippen LogP contribution in [0.5, 0.6) is 0 Å². The van der Waals surface area contributed by atoms with Crippen LogP contribution < -0.4 is 4.90 Å². The molecule has 0 saturated heterocycles. The van der Waals surface area contributed by atoms with Gasteiger partial charge in [-0.3, -0.25) is 0 Å². The Morgan fingerprint density at radius 1 is 0.586 bits per heavy atom. The quantitative estimate of drug-likeness (QED) is 0.170. The van der Waals surface area contributed by atoms with E-state index in [0.29, 0.717) is 0 Å². The van der Waals surface area contributed by atoms with Gasteiger partial charge in [0.25, 0.3) is 0 Å². The van der Waals surface area contributed by atoms with Crippen molar-refractivity contribution >= 4 is 72.9 Å². The van der Waals surface area contributed by atoms with E-state index in [-0.39, 0.29) is 6.04 Å². The number of para-hydroxylation sites is 3. The fourth-order valence-electron chi connectivity index (χ4n) is 9.68. The highest BCUT2D eigenvalue weighted by molar-refractivity contribution is 6.09. The highest BCUT2D eigenvalue weighted by Gasteiger charge is 2.25. The summed E-state index contributed by atoms with van der Waals surface area (Å²) >= 11 is 0. The van der Waals surface area contributed by atoms with Gasteiger partial charge in [-0.2, -0.15) is 0 Å². The molecule has 6 aromatic carbocycles. The first kappa shape index (κ1) is 33.1. The second kappa shape index (κ2) is 13.3. The second-order valence-corrected chi connectivity index (χ2v) is 15.8. The van der Waals surface area contributed by atoms with Crippen molar-refractivity contribution in [1.82, 2.24) is 4.57 Å². The minimum absolute atomic E-state index is 0.102. The van der Waals surface area contributed by atoms with Crippen LogP contribution in [-0.2, 0) is 12.8 Å². The molecule has 0 spiro atoms. The molecular formula is C54H40N2O2. The molecule has 1 atom stereocenters. The van der Waals surface area contributed by atoms with Crippen LogP contribution in [0.2, 0.25) is 0 Å². The molecule has 0 bridgehead atoms. The number of nitrogens with zero attached hydrogens (tertiary/aromatic N) is 2. The summed E-state index contributed by atoms with van der Waals surface area (Å²) in [6.45, 7) is 0. The van der Waals surface area contributed by atoms with Crippen LogP contribution in [-0.4, -0.2) is 10.6 Å². The van der Waals surface area contributed by atoms with E-state index in [0.717, 1.165) is 87.9 Å². The SMILES string of the molecule is C1=Cc2c(oc3cc(C4=CCC(N(c5ccc(-c6cccc7c6oc6ccccc67)cc5)c5ccc6c7c(n(-c8ccccc8)c6c5)C=CCC7)C=C4)ccc23)CC1. The Kier molecular flexibility index (Phi) is 7.59. The zero-order valence-electron chi connectivity index (χ0n) is 32.1. The molecule has 3 aromatic heterocycles. The van der Waals surface area contributed by atoms with Gasteiger partial charge in [0.05, 0.1) is 11.6 Å². The molecule has 4 heteroatoms. The Labute approximate surface area is 336 Å². The molecule has 4 nitrogen and oxygen atoms in total. The average molecular weight is 749 g/mol. The zero-order chi connectivity index (χ0) is 38.2. The Hall–Kier alpha value is -7.04. The Morgan fingerprint density at radius 3 is 2.28 bits per heavy atom. The second-order valence-electron chi connectivity index (χ2n) is 15.8. The van der Waals surface area contributed by atoms with Gasteiger partial charge < -0.3 is 18.3 Å². The van der Waals surface area contributed by atoms with E-state index in [4.69, 9.17) is 8.83 Å². The number of benzene rings is 6.